The molecule has 2 atom stereocenters. The Balaban J connectivity index is 1.74. The van der Waals surface area contributed by atoms with Gasteiger partial charge in [0.05, 0.1) is 0 Å². The molecule has 3 heteroatoms. The second-order valence-electron chi connectivity index (χ2n) is 3.78. The van der Waals surface area contributed by atoms with Crippen LogP contribution in [0.4, 0.5) is 0 Å². The summed E-state index contributed by atoms with van der Waals surface area (Å²) in [6, 6.07) is 3.25. The van der Waals surface area contributed by atoms with E-state index >= 15 is 0 Å². The van der Waals surface area contributed by atoms with Crippen LogP contribution in [-0.4, -0.2) is 12.1 Å². The molecule has 0 spiro atoms. The number of hydrogen-bond donors (Lipinski definition) is 2. The van der Waals surface area contributed by atoms with Crippen molar-refractivity contribution in [1.29, 1.82) is 0 Å². The first-order valence-electron chi connectivity index (χ1n) is 4.84. The van der Waals surface area contributed by atoms with Crippen molar-refractivity contribution in [3.05, 3.63) is 22.4 Å². The SMILES string of the molecule is NC1CCC(NCc2ccsc2)C1. The predicted octanol–water partition coefficient (Wildman–Crippen LogP) is 1.72. The van der Waals surface area contributed by atoms with Crippen LogP contribution in [0.1, 0.15) is 24.8 Å². The molecule has 1 aliphatic carbocycles. The lowest BCUT2D eigenvalue weighted by molar-refractivity contribution is 0.517. The number of nitrogens with two attached hydrogens (primary N) is 1. The Morgan fingerprint density at radius 2 is 2.46 bits per heavy atom. The van der Waals surface area contributed by atoms with Gasteiger partial charge in [0.15, 0.2) is 0 Å². The van der Waals surface area contributed by atoms with Gasteiger partial charge in [0.25, 0.3) is 0 Å². The van der Waals surface area contributed by atoms with Gasteiger partial charge in [-0.3, -0.25) is 0 Å². The molecule has 0 amide bonds. The van der Waals surface area contributed by atoms with E-state index in [4.69, 9.17) is 5.73 Å². The van der Waals surface area contributed by atoms with Gasteiger partial charge in [0.1, 0.15) is 0 Å². The highest BCUT2D eigenvalue weighted by molar-refractivity contribution is 7.07. The summed E-state index contributed by atoms with van der Waals surface area (Å²) in [6.07, 6.45) is 3.57. The van der Waals surface area contributed by atoms with Gasteiger partial charge in [-0.05, 0) is 41.7 Å². The molecule has 2 nitrogen and oxygen atoms in total. The van der Waals surface area contributed by atoms with E-state index in [0.717, 1.165) is 13.0 Å². The second kappa shape index (κ2) is 4.22. The minimum Gasteiger partial charge on any atom is -0.328 e. The molecule has 1 heterocycles. The lowest BCUT2D eigenvalue weighted by Crippen LogP contribution is -2.27. The summed E-state index contributed by atoms with van der Waals surface area (Å²) >= 11 is 1.76. The van der Waals surface area contributed by atoms with Crippen LogP contribution in [0.3, 0.4) is 0 Å². The lowest BCUT2D eigenvalue weighted by Gasteiger charge is -2.10. The van der Waals surface area contributed by atoms with Crippen LogP contribution in [0.5, 0.6) is 0 Å². The molecule has 1 aliphatic rings. The van der Waals surface area contributed by atoms with Gasteiger partial charge in [0, 0.05) is 18.6 Å². The molecular formula is C10H16N2S. The van der Waals surface area contributed by atoms with Crippen molar-refractivity contribution in [3.8, 4) is 0 Å². The fraction of sp³-hybridized carbons (Fsp3) is 0.600. The second-order valence-corrected chi connectivity index (χ2v) is 4.56. The summed E-state index contributed by atoms with van der Waals surface area (Å²) in [5, 5.41) is 7.86. The van der Waals surface area contributed by atoms with E-state index in [0.29, 0.717) is 12.1 Å². The Labute approximate surface area is 83.1 Å². The highest BCUT2D eigenvalue weighted by Crippen LogP contribution is 2.17. The quantitative estimate of drug-likeness (QED) is 0.772. The largest absolute Gasteiger partial charge is 0.328 e. The normalized spacial score (nSPS) is 28.1. The molecule has 1 aromatic heterocycles. The van der Waals surface area contributed by atoms with Gasteiger partial charge in [0.2, 0.25) is 0 Å². The van der Waals surface area contributed by atoms with Gasteiger partial charge in [-0.25, -0.2) is 0 Å². The molecule has 1 aromatic rings. The minimum atomic E-state index is 0.431. The molecule has 13 heavy (non-hydrogen) atoms. The maximum atomic E-state index is 5.84. The Morgan fingerprint density at radius 3 is 3.08 bits per heavy atom. The van der Waals surface area contributed by atoms with E-state index in [9.17, 15) is 0 Å². The summed E-state index contributed by atoms with van der Waals surface area (Å²) < 4.78 is 0. The maximum absolute atomic E-state index is 5.84. The van der Waals surface area contributed by atoms with Crippen LogP contribution in [0.25, 0.3) is 0 Å². The standard InChI is InChI=1S/C10H16N2S/c11-9-1-2-10(5-9)12-6-8-3-4-13-7-8/h3-4,7,9-10,12H,1-2,5-6,11H2. The summed E-state index contributed by atoms with van der Waals surface area (Å²) in [5.41, 5.74) is 7.23. The smallest absolute Gasteiger partial charge is 0.0216 e. The van der Waals surface area contributed by atoms with Crippen LogP contribution in [0.2, 0.25) is 0 Å². The molecule has 3 N–H and O–H groups in total. The van der Waals surface area contributed by atoms with Crippen molar-refractivity contribution < 1.29 is 0 Å². The third-order valence-corrected chi connectivity index (χ3v) is 3.38. The van der Waals surface area contributed by atoms with Crippen molar-refractivity contribution in [3.63, 3.8) is 0 Å². The van der Waals surface area contributed by atoms with Crippen LogP contribution in [0, 0.1) is 0 Å². The van der Waals surface area contributed by atoms with Crippen molar-refractivity contribution in [2.75, 3.05) is 0 Å². The first-order chi connectivity index (χ1) is 6.34. The Hall–Kier alpha value is -0.380. The Kier molecular flexibility index (Phi) is 2.98. The van der Waals surface area contributed by atoms with Crippen molar-refractivity contribution >= 4 is 11.3 Å². The van der Waals surface area contributed by atoms with E-state index in [1.54, 1.807) is 11.3 Å². The molecular weight excluding hydrogens is 180 g/mol. The number of thiophene rings is 1. The van der Waals surface area contributed by atoms with Gasteiger partial charge < -0.3 is 11.1 Å². The molecule has 2 unspecified atom stereocenters. The van der Waals surface area contributed by atoms with Crippen molar-refractivity contribution in [2.45, 2.75) is 37.9 Å². The Bertz CT molecular complexity index is 245. The highest BCUT2D eigenvalue weighted by Gasteiger charge is 2.20. The molecule has 0 bridgehead atoms. The average molecular weight is 196 g/mol. The third kappa shape index (κ3) is 2.53. The van der Waals surface area contributed by atoms with Crippen LogP contribution in [-0.2, 0) is 6.54 Å². The fourth-order valence-corrected chi connectivity index (χ4v) is 2.53. The van der Waals surface area contributed by atoms with E-state index in [1.165, 1.54) is 18.4 Å². The number of hydrogen-bond acceptors (Lipinski definition) is 3. The fourth-order valence-electron chi connectivity index (χ4n) is 1.86. The lowest BCUT2D eigenvalue weighted by atomic mass is 10.2. The molecule has 1 fully saturated rings. The van der Waals surface area contributed by atoms with E-state index in [-0.39, 0.29) is 0 Å². The van der Waals surface area contributed by atoms with Gasteiger partial charge >= 0.3 is 0 Å². The van der Waals surface area contributed by atoms with Gasteiger partial charge in [-0.1, -0.05) is 0 Å². The average Bonchev–Trinajstić information content (AvgIpc) is 2.71. The number of rotatable bonds is 3. The first kappa shape index (κ1) is 9.19. The summed E-state index contributed by atoms with van der Waals surface area (Å²) in [6.45, 7) is 1.00. The Morgan fingerprint density at radius 1 is 1.54 bits per heavy atom. The summed E-state index contributed by atoms with van der Waals surface area (Å²) in [5.74, 6) is 0. The van der Waals surface area contributed by atoms with Crippen LogP contribution >= 0.6 is 11.3 Å². The zero-order chi connectivity index (χ0) is 9.10. The van der Waals surface area contributed by atoms with Gasteiger partial charge in [-0.15, -0.1) is 0 Å². The predicted molar refractivity (Wildman–Crippen MR) is 56.8 cm³/mol. The van der Waals surface area contributed by atoms with E-state index in [2.05, 4.69) is 22.1 Å². The zero-order valence-electron chi connectivity index (χ0n) is 7.70. The highest BCUT2D eigenvalue weighted by atomic mass is 32.1. The summed E-state index contributed by atoms with van der Waals surface area (Å²) in [4.78, 5) is 0. The van der Waals surface area contributed by atoms with Crippen LogP contribution in [0.15, 0.2) is 16.8 Å². The van der Waals surface area contributed by atoms with E-state index in [1.807, 2.05) is 0 Å². The monoisotopic (exact) mass is 196 g/mol. The maximum Gasteiger partial charge on any atom is 0.0216 e. The molecule has 0 aromatic carbocycles. The number of nitrogens with one attached hydrogen (secondary N) is 1. The van der Waals surface area contributed by atoms with E-state index < -0.39 is 0 Å². The molecule has 0 aliphatic heterocycles. The minimum absolute atomic E-state index is 0.431. The van der Waals surface area contributed by atoms with Gasteiger partial charge in [-0.2, -0.15) is 11.3 Å². The zero-order valence-corrected chi connectivity index (χ0v) is 8.52. The molecule has 1 saturated carbocycles. The van der Waals surface area contributed by atoms with Crippen LogP contribution < -0.4 is 11.1 Å². The summed E-state index contributed by atoms with van der Waals surface area (Å²) in [7, 11) is 0. The van der Waals surface area contributed by atoms with Crippen molar-refractivity contribution in [1.82, 2.24) is 5.32 Å². The first-order valence-corrected chi connectivity index (χ1v) is 5.79. The third-order valence-electron chi connectivity index (χ3n) is 2.65. The van der Waals surface area contributed by atoms with Crippen molar-refractivity contribution in [2.24, 2.45) is 5.73 Å². The molecule has 0 saturated heterocycles. The molecule has 72 valence electrons. The topological polar surface area (TPSA) is 38.0 Å². The molecule has 2 rings (SSSR count). The molecule has 0 radical (unpaired) electrons.